The van der Waals surface area contributed by atoms with Crippen LogP contribution in [0.1, 0.15) is 29.8 Å². The normalized spacial score (nSPS) is 12.4. The molecule has 0 radical (unpaired) electrons. The summed E-state index contributed by atoms with van der Waals surface area (Å²) in [5.41, 5.74) is 9.02. The van der Waals surface area contributed by atoms with Crippen LogP contribution in [0.25, 0.3) is 0 Å². The Balaban J connectivity index is 2.07. The van der Waals surface area contributed by atoms with E-state index in [0.717, 1.165) is 29.2 Å². The van der Waals surface area contributed by atoms with E-state index < -0.39 is 0 Å². The van der Waals surface area contributed by atoms with Crippen molar-refractivity contribution in [2.75, 3.05) is 6.61 Å². The van der Waals surface area contributed by atoms with Gasteiger partial charge in [-0.1, -0.05) is 19.1 Å². The third-order valence-corrected chi connectivity index (χ3v) is 3.33. The minimum Gasteiger partial charge on any atom is -0.494 e. The average molecular weight is 248 g/mol. The molecule has 1 aromatic heterocycles. The summed E-state index contributed by atoms with van der Waals surface area (Å²) in [5.74, 6) is 0.895. The molecule has 2 aromatic rings. The van der Waals surface area contributed by atoms with Crippen molar-refractivity contribution in [2.45, 2.75) is 19.4 Å². The van der Waals surface area contributed by atoms with Gasteiger partial charge in [-0.3, -0.25) is 4.98 Å². The van der Waals surface area contributed by atoms with Crippen LogP contribution >= 0.6 is 11.3 Å². The molecular formula is C13H16N2OS. The van der Waals surface area contributed by atoms with Crippen molar-refractivity contribution < 1.29 is 4.74 Å². The van der Waals surface area contributed by atoms with Gasteiger partial charge >= 0.3 is 0 Å². The van der Waals surface area contributed by atoms with E-state index >= 15 is 0 Å². The molecule has 0 amide bonds. The number of ether oxygens (including phenoxy) is 1. The molecule has 0 aliphatic rings. The first-order valence-electron chi connectivity index (χ1n) is 5.68. The number of aromatic nitrogens is 1. The number of nitrogens with two attached hydrogens (primary N) is 1. The van der Waals surface area contributed by atoms with Crippen LogP contribution in [-0.4, -0.2) is 11.6 Å². The number of hydrogen-bond donors (Lipinski definition) is 1. The number of nitrogens with zero attached hydrogens (tertiary/aromatic N) is 1. The molecule has 1 unspecified atom stereocenters. The smallest absolute Gasteiger partial charge is 0.119 e. The lowest BCUT2D eigenvalue weighted by Crippen LogP contribution is -2.10. The quantitative estimate of drug-likeness (QED) is 0.885. The lowest BCUT2D eigenvalue weighted by molar-refractivity contribution is 0.317. The lowest BCUT2D eigenvalue weighted by atomic mass is 10.1. The predicted molar refractivity (Wildman–Crippen MR) is 70.4 cm³/mol. The molecule has 0 saturated heterocycles. The lowest BCUT2D eigenvalue weighted by Gasteiger charge is -2.10. The standard InChI is InChI=1S/C13H16N2OS/c1-2-7-16-11-5-3-10(4-6-11)13(14)12-8-15-9-17-12/h3-6,8-9,13H,2,7,14H2,1H3. The number of rotatable bonds is 5. The van der Waals surface area contributed by atoms with E-state index in [-0.39, 0.29) is 6.04 Å². The molecule has 1 atom stereocenters. The predicted octanol–water partition coefficient (Wildman–Crippen LogP) is 2.98. The molecule has 0 saturated carbocycles. The Labute approximate surface area is 105 Å². The number of hydrogen-bond acceptors (Lipinski definition) is 4. The molecule has 0 bridgehead atoms. The molecule has 0 fully saturated rings. The zero-order chi connectivity index (χ0) is 12.1. The van der Waals surface area contributed by atoms with Crippen LogP contribution in [0.2, 0.25) is 0 Å². The van der Waals surface area contributed by atoms with E-state index in [4.69, 9.17) is 10.5 Å². The van der Waals surface area contributed by atoms with Crippen LogP contribution in [0, 0.1) is 0 Å². The fourth-order valence-corrected chi connectivity index (χ4v) is 2.18. The Kier molecular flexibility index (Phi) is 4.12. The monoisotopic (exact) mass is 248 g/mol. The van der Waals surface area contributed by atoms with Crippen molar-refractivity contribution in [3.8, 4) is 5.75 Å². The second kappa shape index (κ2) is 5.80. The Morgan fingerprint density at radius 3 is 2.71 bits per heavy atom. The third kappa shape index (κ3) is 3.05. The maximum atomic E-state index is 6.14. The number of benzene rings is 1. The molecule has 90 valence electrons. The van der Waals surface area contributed by atoms with E-state index in [1.165, 1.54) is 0 Å². The van der Waals surface area contributed by atoms with Crippen molar-refractivity contribution in [1.29, 1.82) is 0 Å². The second-order valence-electron chi connectivity index (χ2n) is 3.80. The largest absolute Gasteiger partial charge is 0.494 e. The fourth-order valence-electron chi connectivity index (χ4n) is 1.53. The molecule has 0 aliphatic carbocycles. The van der Waals surface area contributed by atoms with Crippen LogP contribution in [0.3, 0.4) is 0 Å². The first kappa shape index (κ1) is 12.1. The summed E-state index contributed by atoms with van der Waals surface area (Å²) in [5, 5.41) is 0. The van der Waals surface area contributed by atoms with E-state index in [1.807, 2.05) is 30.5 Å². The van der Waals surface area contributed by atoms with E-state index in [2.05, 4.69) is 11.9 Å². The van der Waals surface area contributed by atoms with Gasteiger partial charge < -0.3 is 10.5 Å². The highest BCUT2D eigenvalue weighted by molar-refractivity contribution is 7.09. The summed E-state index contributed by atoms with van der Waals surface area (Å²) in [7, 11) is 0. The van der Waals surface area contributed by atoms with Crippen molar-refractivity contribution in [1.82, 2.24) is 4.98 Å². The highest BCUT2D eigenvalue weighted by Crippen LogP contribution is 2.24. The molecule has 1 aromatic carbocycles. The molecule has 3 nitrogen and oxygen atoms in total. The molecule has 2 N–H and O–H groups in total. The van der Waals surface area contributed by atoms with Gasteiger partial charge in [0.25, 0.3) is 0 Å². The average Bonchev–Trinajstić information content (AvgIpc) is 2.90. The van der Waals surface area contributed by atoms with Crippen LogP contribution < -0.4 is 10.5 Å². The zero-order valence-corrected chi connectivity index (χ0v) is 10.6. The van der Waals surface area contributed by atoms with Crippen molar-refractivity contribution in [2.24, 2.45) is 5.73 Å². The van der Waals surface area contributed by atoms with Gasteiger partial charge in [0, 0.05) is 11.1 Å². The Hall–Kier alpha value is -1.39. The Morgan fingerprint density at radius 1 is 1.35 bits per heavy atom. The first-order valence-corrected chi connectivity index (χ1v) is 6.56. The van der Waals surface area contributed by atoms with Gasteiger partial charge in [0.2, 0.25) is 0 Å². The molecule has 17 heavy (non-hydrogen) atoms. The van der Waals surface area contributed by atoms with Gasteiger partial charge in [-0.2, -0.15) is 0 Å². The maximum Gasteiger partial charge on any atom is 0.119 e. The fraction of sp³-hybridized carbons (Fsp3) is 0.308. The van der Waals surface area contributed by atoms with Crippen LogP contribution in [0.15, 0.2) is 36.0 Å². The second-order valence-corrected chi connectivity index (χ2v) is 4.72. The van der Waals surface area contributed by atoms with Gasteiger partial charge in [-0.25, -0.2) is 0 Å². The molecule has 1 heterocycles. The third-order valence-electron chi connectivity index (χ3n) is 2.47. The van der Waals surface area contributed by atoms with E-state index in [1.54, 1.807) is 16.8 Å². The minimum absolute atomic E-state index is 0.0947. The van der Waals surface area contributed by atoms with Gasteiger partial charge in [-0.15, -0.1) is 11.3 Å². The summed E-state index contributed by atoms with van der Waals surface area (Å²) in [6, 6.07) is 7.85. The molecule has 0 aliphatic heterocycles. The topological polar surface area (TPSA) is 48.1 Å². The summed E-state index contributed by atoms with van der Waals surface area (Å²) in [6.45, 7) is 2.84. The Morgan fingerprint density at radius 2 is 2.12 bits per heavy atom. The first-order chi connectivity index (χ1) is 8.31. The van der Waals surface area contributed by atoms with Crippen LogP contribution in [0.5, 0.6) is 5.75 Å². The summed E-state index contributed by atoms with van der Waals surface area (Å²) in [4.78, 5) is 5.12. The summed E-state index contributed by atoms with van der Waals surface area (Å²) in [6.07, 6.45) is 2.83. The van der Waals surface area contributed by atoms with Gasteiger partial charge in [0.05, 0.1) is 18.2 Å². The zero-order valence-electron chi connectivity index (χ0n) is 9.80. The van der Waals surface area contributed by atoms with Gasteiger partial charge in [0.1, 0.15) is 5.75 Å². The SMILES string of the molecule is CCCOc1ccc(C(N)c2cncs2)cc1. The van der Waals surface area contributed by atoms with Crippen molar-refractivity contribution in [3.63, 3.8) is 0 Å². The van der Waals surface area contributed by atoms with Gasteiger partial charge in [0.15, 0.2) is 0 Å². The van der Waals surface area contributed by atoms with Crippen LogP contribution in [0.4, 0.5) is 0 Å². The summed E-state index contributed by atoms with van der Waals surface area (Å²) >= 11 is 1.58. The molecule has 4 heteroatoms. The van der Waals surface area contributed by atoms with E-state index in [9.17, 15) is 0 Å². The summed E-state index contributed by atoms with van der Waals surface area (Å²) < 4.78 is 5.53. The molecular weight excluding hydrogens is 232 g/mol. The highest BCUT2D eigenvalue weighted by Gasteiger charge is 2.10. The molecule has 0 spiro atoms. The minimum atomic E-state index is -0.0947. The maximum absolute atomic E-state index is 6.14. The van der Waals surface area contributed by atoms with Crippen molar-refractivity contribution >= 4 is 11.3 Å². The Bertz CT molecular complexity index is 439. The number of thiazole rings is 1. The van der Waals surface area contributed by atoms with Gasteiger partial charge in [-0.05, 0) is 24.1 Å². The molecule has 2 rings (SSSR count). The van der Waals surface area contributed by atoms with Crippen LogP contribution in [-0.2, 0) is 0 Å². The highest BCUT2D eigenvalue weighted by atomic mass is 32.1. The van der Waals surface area contributed by atoms with Crippen molar-refractivity contribution in [3.05, 3.63) is 46.4 Å². The van der Waals surface area contributed by atoms with E-state index in [0.29, 0.717) is 0 Å².